The molecule has 0 unspecified atom stereocenters. The van der Waals surface area contributed by atoms with E-state index < -0.39 is 23.5 Å². The lowest BCUT2D eigenvalue weighted by atomic mass is 9.90. The molecular weight excluding hydrogens is 502 g/mol. The van der Waals surface area contributed by atoms with Crippen molar-refractivity contribution in [2.75, 3.05) is 34.8 Å². The highest BCUT2D eigenvalue weighted by molar-refractivity contribution is 6.21. The number of ketones is 1. The molecule has 8 heteroatoms. The summed E-state index contributed by atoms with van der Waals surface area (Å²) < 4.78 is 0. The number of benzodiazepines with no additional fused rings is 1. The number of nitrogens with zero attached hydrogens (tertiary/aromatic N) is 3. The van der Waals surface area contributed by atoms with E-state index >= 15 is 0 Å². The number of nitrogens with one attached hydrogen (secondary N) is 2. The molecule has 2 N–H and O–H groups in total. The van der Waals surface area contributed by atoms with E-state index in [1.807, 2.05) is 99.6 Å². The fourth-order valence-electron chi connectivity index (χ4n) is 4.94. The van der Waals surface area contributed by atoms with E-state index in [-0.39, 0.29) is 12.3 Å². The summed E-state index contributed by atoms with van der Waals surface area (Å²) in [5, 5.41) is 5.64. The molecule has 1 atom stereocenters. The highest BCUT2D eigenvalue weighted by Gasteiger charge is 2.36. The van der Waals surface area contributed by atoms with Crippen LogP contribution in [0.1, 0.15) is 44.7 Å². The molecule has 1 fully saturated rings. The van der Waals surface area contributed by atoms with Crippen LogP contribution >= 0.6 is 0 Å². The maximum absolute atomic E-state index is 14.0. The molecule has 2 heterocycles. The van der Waals surface area contributed by atoms with Crippen LogP contribution < -0.4 is 20.4 Å². The quantitative estimate of drug-likeness (QED) is 0.450. The smallest absolute Gasteiger partial charge is 0.321 e. The van der Waals surface area contributed by atoms with E-state index in [2.05, 4.69) is 15.5 Å². The van der Waals surface area contributed by atoms with Gasteiger partial charge in [-0.1, -0.05) is 75.4 Å². The molecule has 40 heavy (non-hydrogen) atoms. The summed E-state index contributed by atoms with van der Waals surface area (Å²) in [7, 11) is 0. The first-order valence-corrected chi connectivity index (χ1v) is 13.7. The van der Waals surface area contributed by atoms with E-state index in [1.54, 1.807) is 0 Å². The molecule has 8 nitrogen and oxygen atoms in total. The predicted octanol–water partition coefficient (Wildman–Crippen LogP) is 5.23. The molecule has 3 amide bonds. The summed E-state index contributed by atoms with van der Waals surface area (Å²) in [6, 6.07) is 24.1. The molecule has 0 aromatic heterocycles. The van der Waals surface area contributed by atoms with Gasteiger partial charge in [-0.25, -0.2) is 9.79 Å². The minimum absolute atomic E-state index is 0.0965. The summed E-state index contributed by atoms with van der Waals surface area (Å²) >= 11 is 0. The lowest BCUT2D eigenvalue weighted by molar-refractivity contribution is -0.127. The van der Waals surface area contributed by atoms with Gasteiger partial charge in [-0.05, 0) is 37.1 Å². The van der Waals surface area contributed by atoms with Crippen molar-refractivity contribution in [1.82, 2.24) is 5.32 Å². The molecule has 5 rings (SSSR count). The molecule has 3 aromatic rings. The Morgan fingerprint density at radius 2 is 1.62 bits per heavy atom. The predicted molar refractivity (Wildman–Crippen MR) is 159 cm³/mol. The number of hydrogen-bond acceptors (Lipinski definition) is 5. The topological polar surface area (TPSA) is 94.1 Å². The van der Waals surface area contributed by atoms with Gasteiger partial charge in [-0.3, -0.25) is 9.59 Å². The number of carbonyl (C=O) groups excluding carboxylic acids is 3. The van der Waals surface area contributed by atoms with Gasteiger partial charge in [0.15, 0.2) is 5.78 Å². The second-order valence-electron chi connectivity index (χ2n) is 11.2. The Kier molecular flexibility index (Phi) is 7.69. The third kappa shape index (κ3) is 5.91. The molecular formula is C32H35N5O3. The molecule has 206 valence electrons. The molecule has 0 spiro atoms. The van der Waals surface area contributed by atoms with Crippen molar-refractivity contribution < 1.29 is 14.4 Å². The molecule has 2 aliphatic heterocycles. The first kappa shape index (κ1) is 27.1. The van der Waals surface area contributed by atoms with Gasteiger partial charge in [0.05, 0.1) is 17.9 Å². The Hall–Kier alpha value is -4.46. The van der Waals surface area contributed by atoms with E-state index in [4.69, 9.17) is 4.99 Å². The van der Waals surface area contributed by atoms with Crippen molar-refractivity contribution in [1.29, 1.82) is 0 Å². The van der Waals surface area contributed by atoms with Gasteiger partial charge >= 0.3 is 6.03 Å². The van der Waals surface area contributed by atoms with Crippen molar-refractivity contribution >= 4 is 40.5 Å². The molecule has 2 aliphatic rings. The number of anilines is 3. The third-order valence-corrected chi connectivity index (χ3v) is 7.24. The van der Waals surface area contributed by atoms with Gasteiger partial charge in [0.1, 0.15) is 0 Å². The molecule has 0 aliphatic carbocycles. The number of fused-ring (bicyclic) bond motifs is 1. The minimum Gasteiger partial charge on any atom is -0.371 e. The van der Waals surface area contributed by atoms with E-state index in [0.717, 1.165) is 37.2 Å². The van der Waals surface area contributed by atoms with Crippen molar-refractivity contribution in [3.63, 3.8) is 0 Å². The SMILES string of the molecule is CC(C)(C)C(=O)CN1C(=O)[C@H](NC(=O)Nc2cccc(N3CCCC3)c2)N=C(c2ccccc2)c2ccccc21. The van der Waals surface area contributed by atoms with Crippen LogP contribution in [-0.2, 0) is 9.59 Å². The summed E-state index contributed by atoms with van der Waals surface area (Å²) in [5.41, 5.74) is 3.69. The fraction of sp³-hybridized carbons (Fsp3) is 0.312. The van der Waals surface area contributed by atoms with E-state index in [9.17, 15) is 14.4 Å². The largest absolute Gasteiger partial charge is 0.371 e. The number of carbonyl (C=O) groups is 3. The zero-order valence-electron chi connectivity index (χ0n) is 23.2. The highest BCUT2D eigenvalue weighted by Crippen LogP contribution is 2.30. The van der Waals surface area contributed by atoms with Gasteiger partial charge in [0.2, 0.25) is 6.17 Å². The Balaban J connectivity index is 1.47. The van der Waals surface area contributed by atoms with Gasteiger partial charge in [0, 0.05) is 41.0 Å². The van der Waals surface area contributed by atoms with Crippen LogP contribution in [0, 0.1) is 5.41 Å². The van der Waals surface area contributed by atoms with Gasteiger partial charge in [-0.15, -0.1) is 0 Å². The average molecular weight is 538 g/mol. The summed E-state index contributed by atoms with van der Waals surface area (Å²) in [5.74, 6) is -0.572. The molecule has 0 bridgehead atoms. The lowest BCUT2D eigenvalue weighted by Crippen LogP contribution is -2.50. The lowest BCUT2D eigenvalue weighted by Gasteiger charge is -2.28. The van der Waals surface area contributed by atoms with Crippen LogP contribution in [-0.4, -0.2) is 49.2 Å². The monoisotopic (exact) mass is 537 g/mol. The maximum Gasteiger partial charge on any atom is 0.321 e. The van der Waals surface area contributed by atoms with Crippen LogP contribution in [0.25, 0.3) is 0 Å². The number of amides is 3. The Labute approximate surface area is 235 Å². The number of aliphatic imine (C=N–C) groups is 1. The summed E-state index contributed by atoms with van der Waals surface area (Å²) in [6.07, 6.45) is 1.07. The summed E-state index contributed by atoms with van der Waals surface area (Å²) in [6.45, 7) is 7.34. The minimum atomic E-state index is -1.24. The van der Waals surface area contributed by atoms with Crippen LogP contribution in [0.15, 0.2) is 83.9 Å². The zero-order chi connectivity index (χ0) is 28.3. The number of Topliss-reactive ketones (excluding diaryl/α,β-unsaturated/α-hetero) is 1. The Bertz CT molecular complexity index is 1440. The van der Waals surface area contributed by atoms with E-state index in [1.165, 1.54) is 4.90 Å². The normalized spacial score (nSPS) is 17.1. The van der Waals surface area contributed by atoms with Crippen LogP contribution in [0.5, 0.6) is 0 Å². The number of benzene rings is 3. The Morgan fingerprint density at radius 3 is 2.35 bits per heavy atom. The van der Waals surface area contributed by atoms with Crippen molar-refractivity contribution in [3.05, 3.63) is 90.0 Å². The fourth-order valence-corrected chi connectivity index (χ4v) is 4.94. The third-order valence-electron chi connectivity index (χ3n) is 7.24. The van der Waals surface area contributed by atoms with Gasteiger partial charge < -0.3 is 20.4 Å². The van der Waals surface area contributed by atoms with E-state index in [0.29, 0.717) is 22.6 Å². The summed E-state index contributed by atoms with van der Waals surface area (Å²) in [4.78, 5) is 48.9. The van der Waals surface area contributed by atoms with Crippen LogP contribution in [0.3, 0.4) is 0 Å². The van der Waals surface area contributed by atoms with Gasteiger partial charge in [0.25, 0.3) is 5.91 Å². The highest BCUT2D eigenvalue weighted by atomic mass is 16.2. The van der Waals surface area contributed by atoms with Crippen molar-refractivity contribution in [2.24, 2.45) is 10.4 Å². The number of rotatable bonds is 6. The van der Waals surface area contributed by atoms with Crippen LogP contribution in [0.4, 0.5) is 21.9 Å². The second kappa shape index (κ2) is 11.3. The molecule has 1 saturated heterocycles. The first-order valence-electron chi connectivity index (χ1n) is 13.7. The second-order valence-corrected chi connectivity index (χ2v) is 11.2. The maximum atomic E-state index is 14.0. The van der Waals surface area contributed by atoms with Crippen molar-refractivity contribution in [2.45, 2.75) is 39.8 Å². The Morgan fingerprint density at radius 1 is 0.925 bits per heavy atom. The standard InChI is InChI=1S/C32H35N5O3/c1-32(2,3)27(38)21-37-26-17-8-7-16-25(26)28(22-12-5-4-6-13-22)34-29(30(37)39)35-31(40)33-23-14-11-15-24(20-23)36-18-9-10-19-36/h4-8,11-17,20,29H,9-10,18-19,21H2,1-3H3,(H2,33,35,40)/t29-/m0/s1. The molecule has 0 saturated carbocycles. The van der Waals surface area contributed by atoms with Gasteiger partial charge in [-0.2, -0.15) is 0 Å². The van der Waals surface area contributed by atoms with Crippen LogP contribution in [0.2, 0.25) is 0 Å². The molecule has 0 radical (unpaired) electrons. The number of hydrogen-bond donors (Lipinski definition) is 2. The number of para-hydroxylation sites is 1. The average Bonchev–Trinajstić information content (AvgIpc) is 3.46. The number of urea groups is 1. The zero-order valence-corrected chi connectivity index (χ0v) is 23.2. The first-order chi connectivity index (χ1) is 19.2. The van der Waals surface area contributed by atoms with Crippen molar-refractivity contribution in [3.8, 4) is 0 Å². The molecule has 3 aromatic carbocycles.